The Morgan fingerprint density at radius 3 is 3.00 bits per heavy atom. The van der Waals surface area contributed by atoms with Crippen LogP contribution in [0.25, 0.3) is 0 Å². The zero-order valence-corrected chi connectivity index (χ0v) is 11.7. The Labute approximate surface area is 125 Å². The van der Waals surface area contributed by atoms with Gasteiger partial charge in [0.25, 0.3) is 0 Å². The fraction of sp³-hybridized carbons (Fsp3) is 0.333. The molecule has 1 N–H and O–H groups in total. The molecule has 1 aromatic carbocycles. The smallest absolute Gasteiger partial charge is 0.310 e. The van der Waals surface area contributed by atoms with Crippen molar-refractivity contribution in [2.45, 2.75) is 11.7 Å². The Hall–Kier alpha value is -1.85. The lowest BCUT2D eigenvalue weighted by atomic mass is 9.77. The van der Waals surface area contributed by atoms with E-state index in [4.69, 9.17) is 16.3 Å². The summed E-state index contributed by atoms with van der Waals surface area (Å²) in [7, 11) is 0. The number of carbonyl (C=O) groups excluding carboxylic acids is 1. The first-order valence-electron chi connectivity index (χ1n) is 6.69. The van der Waals surface area contributed by atoms with Crippen molar-refractivity contribution in [3.8, 4) is 0 Å². The molecular formula is C15H12ClNO4. The summed E-state index contributed by atoms with van der Waals surface area (Å²) in [5.74, 6) is -2.68. The molecule has 3 heterocycles. The molecule has 0 radical (unpaired) electrons. The number of aliphatic carboxylic acids is 1. The summed E-state index contributed by atoms with van der Waals surface area (Å²) in [6.45, 7) is 0.327. The van der Waals surface area contributed by atoms with Gasteiger partial charge < -0.3 is 14.7 Å². The molecule has 4 rings (SSSR count). The molecule has 0 aliphatic carbocycles. The number of ether oxygens (including phenoxy) is 1. The van der Waals surface area contributed by atoms with E-state index in [9.17, 15) is 14.7 Å². The molecule has 2 saturated heterocycles. The van der Waals surface area contributed by atoms with Crippen LogP contribution in [0.4, 0.5) is 5.69 Å². The molecule has 3 aliphatic heterocycles. The lowest BCUT2D eigenvalue weighted by molar-refractivity contribution is -0.146. The Kier molecular flexibility index (Phi) is 2.50. The van der Waals surface area contributed by atoms with Gasteiger partial charge in [0.1, 0.15) is 11.5 Å². The second-order valence-electron chi connectivity index (χ2n) is 5.64. The molecule has 1 spiro atoms. The summed E-state index contributed by atoms with van der Waals surface area (Å²) in [6.07, 6.45) is 3.09. The molecule has 5 nitrogen and oxygen atoms in total. The van der Waals surface area contributed by atoms with Crippen LogP contribution in [0.2, 0.25) is 5.02 Å². The Balaban J connectivity index is 1.75. The minimum atomic E-state index is -0.988. The first-order chi connectivity index (χ1) is 10.0. The van der Waals surface area contributed by atoms with Crippen LogP contribution in [0.5, 0.6) is 0 Å². The van der Waals surface area contributed by atoms with E-state index >= 15 is 0 Å². The Bertz CT molecular complexity index is 688. The van der Waals surface area contributed by atoms with Crippen LogP contribution < -0.4 is 4.90 Å². The summed E-state index contributed by atoms with van der Waals surface area (Å²) in [5, 5.41) is 9.92. The molecule has 0 aromatic heterocycles. The highest BCUT2D eigenvalue weighted by Gasteiger charge is 2.67. The monoisotopic (exact) mass is 305 g/mol. The molecule has 6 heteroatoms. The van der Waals surface area contributed by atoms with Gasteiger partial charge in [0.15, 0.2) is 0 Å². The van der Waals surface area contributed by atoms with Crippen molar-refractivity contribution in [2.24, 2.45) is 11.8 Å². The van der Waals surface area contributed by atoms with Crippen molar-refractivity contribution in [3.63, 3.8) is 0 Å². The van der Waals surface area contributed by atoms with Crippen molar-refractivity contribution < 1.29 is 19.4 Å². The van der Waals surface area contributed by atoms with Gasteiger partial charge in [-0.1, -0.05) is 29.8 Å². The second-order valence-corrected chi connectivity index (χ2v) is 6.08. The predicted molar refractivity (Wildman–Crippen MR) is 75.2 cm³/mol. The van der Waals surface area contributed by atoms with E-state index in [1.54, 1.807) is 35.2 Å². The summed E-state index contributed by atoms with van der Waals surface area (Å²) >= 11 is 5.97. The maximum absolute atomic E-state index is 12.7. The quantitative estimate of drug-likeness (QED) is 0.845. The van der Waals surface area contributed by atoms with Gasteiger partial charge in [-0.2, -0.15) is 0 Å². The molecule has 108 valence electrons. The standard InChI is InChI=1S/C15H12ClNO4/c16-8-2-1-3-9(6-8)17-7-15-5-4-10(21-15)11(14(19)20)12(15)13(17)18/h1-6,10-12H,7H2,(H,19,20)/t10-,11-,12+,15+/m1/s1. The first-order valence-corrected chi connectivity index (χ1v) is 7.07. The minimum Gasteiger partial charge on any atom is -0.481 e. The summed E-state index contributed by atoms with van der Waals surface area (Å²) < 4.78 is 5.82. The maximum atomic E-state index is 12.7. The average molecular weight is 306 g/mol. The third-order valence-corrected chi connectivity index (χ3v) is 4.74. The number of benzene rings is 1. The van der Waals surface area contributed by atoms with E-state index in [0.29, 0.717) is 17.3 Å². The van der Waals surface area contributed by atoms with Gasteiger partial charge in [0.2, 0.25) is 5.91 Å². The zero-order chi connectivity index (χ0) is 14.8. The van der Waals surface area contributed by atoms with Gasteiger partial charge >= 0.3 is 5.97 Å². The SMILES string of the molecule is O=C(O)[C@H]1[C@H]2C(=O)N(c3cccc(Cl)c3)C[C@@]23C=C[C@H]1O3. The van der Waals surface area contributed by atoms with Crippen molar-refractivity contribution in [1.29, 1.82) is 0 Å². The zero-order valence-electron chi connectivity index (χ0n) is 10.9. The molecule has 2 bridgehead atoms. The largest absolute Gasteiger partial charge is 0.481 e. The molecule has 1 amide bonds. The number of rotatable bonds is 2. The average Bonchev–Trinajstić information content (AvgIpc) is 3.07. The number of carbonyl (C=O) groups is 2. The van der Waals surface area contributed by atoms with E-state index in [0.717, 1.165) is 0 Å². The fourth-order valence-corrected chi connectivity index (χ4v) is 3.83. The molecule has 0 unspecified atom stereocenters. The lowest BCUT2D eigenvalue weighted by Crippen LogP contribution is -2.39. The summed E-state index contributed by atoms with van der Waals surface area (Å²) in [5.41, 5.74) is -0.145. The van der Waals surface area contributed by atoms with E-state index < -0.39 is 29.5 Å². The van der Waals surface area contributed by atoms with E-state index in [-0.39, 0.29) is 5.91 Å². The normalized spacial score (nSPS) is 36.3. The van der Waals surface area contributed by atoms with Crippen LogP contribution in [0.15, 0.2) is 36.4 Å². The number of carboxylic acid groups (broad SMARTS) is 1. The first kappa shape index (κ1) is 12.9. The van der Waals surface area contributed by atoms with E-state index in [1.165, 1.54) is 0 Å². The third-order valence-electron chi connectivity index (χ3n) is 4.51. The van der Waals surface area contributed by atoms with Gasteiger partial charge in [-0.15, -0.1) is 0 Å². The van der Waals surface area contributed by atoms with Gasteiger partial charge in [0.05, 0.1) is 18.6 Å². The lowest BCUT2D eigenvalue weighted by Gasteiger charge is -2.21. The molecule has 1 aromatic rings. The summed E-state index contributed by atoms with van der Waals surface area (Å²) in [4.78, 5) is 25.7. The third kappa shape index (κ3) is 1.61. The Morgan fingerprint density at radius 2 is 2.29 bits per heavy atom. The molecule has 3 aliphatic rings. The number of nitrogens with zero attached hydrogens (tertiary/aromatic N) is 1. The second kappa shape index (κ2) is 4.08. The number of hydrogen-bond donors (Lipinski definition) is 1. The molecule has 4 atom stereocenters. The number of amides is 1. The van der Waals surface area contributed by atoms with Crippen LogP contribution in [0, 0.1) is 11.8 Å². The fourth-order valence-electron chi connectivity index (χ4n) is 3.64. The van der Waals surface area contributed by atoms with Crippen molar-refractivity contribution in [1.82, 2.24) is 0 Å². The van der Waals surface area contributed by atoms with Crippen molar-refractivity contribution >= 4 is 29.2 Å². The molecule has 2 fully saturated rings. The van der Waals surface area contributed by atoms with E-state index in [2.05, 4.69) is 0 Å². The van der Waals surface area contributed by atoms with Crippen molar-refractivity contribution in [2.75, 3.05) is 11.4 Å². The van der Waals surface area contributed by atoms with Gasteiger partial charge in [-0.25, -0.2) is 0 Å². The Morgan fingerprint density at radius 1 is 1.48 bits per heavy atom. The number of hydrogen-bond acceptors (Lipinski definition) is 3. The topological polar surface area (TPSA) is 66.8 Å². The van der Waals surface area contributed by atoms with Crippen LogP contribution in [0.1, 0.15) is 0 Å². The van der Waals surface area contributed by atoms with Crippen LogP contribution in [-0.4, -0.2) is 35.2 Å². The van der Waals surface area contributed by atoms with Gasteiger partial charge in [-0.3, -0.25) is 9.59 Å². The van der Waals surface area contributed by atoms with Gasteiger partial charge in [-0.05, 0) is 18.2 Å². The molecule has 0 saturated carbocycles. The maximum Gasteiger partial charge on any atom is 0.310 e. The van der Waals surface area contributed by atoms with Crippen molar-refractivity contribution in [3.05, 3.63) is 41.4 Å². The highest BCUT2D eigenvalue weighted by Crippen LogP contribution is 2.52. The van der Waals surface area contributed by atoms with Crippen LogP contribution in [-0.2, 0) is 14.3 Å². The molecule has 21 heavy (non-hydrogen) atoms. The number of halogens is 1. The number of fused-ring (bicyclic) bond motifs is 1. The minimum absolute atomic E-state index is 0.212. The highest BCUT2D eigenvalue weighted by molar-refractivity contribution is 6.31. The predicted octanol–water partition coefficient (Wildman–Crippen LogP) is 1.71. The van der Waals surface area contributed by atoms with Crippen LogP contribution >= 0.6 is 11.6 Å². The van der Waals surface area contributed by atoms with E-state index in [1.807, 2.05) is 6.08 Å². The van der Waals surface area contributed by atoms with Gasteiger partial charge in [0, 0.05) is 10.7 Å². The van der Waals surface area contributed by atoms with Crippen LogP contribution in [0.3, 0.4) is 0 Å². The number of carboxylic acids is 1. The number of anilines is 1. The summed E-state index contributed by atoms with van der Waals surface area (Å²) in [6, 6.07) is 6.97. The highest BCUT2D eigenvalue weighted by atomic mass is 35.5. The molecular weight excluding hydrogens is 294 g/mol.